The van der Waals surface area contributed by atoms with E-state index in [4.69, 9.17) is 0 Å². The first-order valence-corrected chi connectivity index (χ1v) is 8.91. The lowest BCUT2D eigenvalue weighted by atomic mass is 9.97. The molecule has 1 fully saturated rings. The summed E-state index contributed by atoms with van der Waals surface area (Å²) in [4.78, 5) is 2.44. The molecule has 2 N–H and O–H groups in total. The number of aliphatic hydroxyl groups is 1. The van der Waals surface area contributed by atoms with Crippen LogP contribution in [0.5, 0.6) is 0 Å². The number of aliphatic hydroxyl groups excluding tert-OH is 1. The number of benzene rings is 2. The monoisotopic (exact) mass is 324 g/mol. The molecule has 0 saturated carbocycles. The van der Waals surface area contributed by atoms with Gasteiger partial charge in [-0.15, -0.1) is 0 Å². The number of nitrogens with one attached hydrogen (secondary N) is 1. The van der Waals surface area contributed by atoms with E-state index in [2.05, 4.69) is 66.5 Å². The highest BCUT2D eigenvalue weighted by molar-refractivity contribution is 5.70. The lowest BCUT2D eigenvalue weighted by molar-refractivity contribution is 0.203. The molecule has 0 spiro atoms. The van der Waals surface area contributed by atoms with Gasteiger partial charge in [0.2, 0.25) is 0 Å². The second-order valence-corrected chi connectivity index (χ2v) is 6.98. The van der Waals surface area contributed by atoms with Crippen molar-refractivity contribution in [3.05, 3.63) is 59.2 Å². The van der Waals surface area contributed by atoms with E-state index in [1.54, 1.807) is 0 Å². The molecule has 128 valence electrons. The molecule has 2 aromatic carbocycles. The summed E-state index contributed by atoms with van der Waals surface area (Å²) in [6.07, 6.45) is 2.14. The summed E-state index contributed by atoms with van der Waals surface area (Å²) >= 11 is 0. The van der Waals surface area contributed by atoms with Crippen molar-refractivity contribution in [1.29, 1.82) is 0 Å². The lowest BCUT2D eigenvalue weighted by Crippen LogP contribution is -2.35. The molecular weight excluding hydrogens is 296 g/mol. The Balaban J connectivity index is 1.70. The highest BCUT2D eigenvalue weighted by Crippen LogP contribution is 2.30. The van der Waals surface area contributed by atoms with E-state index in [0.29, 0.717) is 12.5 Å². The van der Waals surface area contributed by atoms with Gasteiger partial charge in [0.15, 0.2) is 0 Å². The van der Waals surface area contributed by atoms with Crippen molar-refractivity contribution in [1.82, 2.24) is 0 Å². The van der Waals surface area contributed by atoms with Crippen molar-refractivity contribution in [2.75, 3.05) is 29.9 Å². The molecule has 1 heterocycles. The lowest BCUT2D eigenvalue weighted by Gasteiger charge is -2.34. The van der Waals surface area contributed by atoms with E-state index >= 15 is 0 Å². The Kier molecular flexibility index (Phi) is 5.41. The molecule has 0 bridgehead atoms. The van der Waals surface area contributed by atoms with Crippen LogP contribution < -0.4 is 10.2 Å². The third kappa shape index (κ3) is 4.09. The molecule has 3 heteroatoms. The van der Waals surface area contributed by atoms with Crippen LogP contribution in [-0.2, 0) is 6.54 Å². The zero-order valence-corrected chi connectivity index (χ0v) is 14.8. The Labute approximate surface area is 145 Å². The fourth-order valence-electron chi connectivity index (χ4n) is 3.62. The van der Waals surface area contributed by atoms with Gasteiger partial charge in [0.05, 0.1) is 11.4 Å². The molecule has 3 nitrogen and oxygen atoms in total. The fraction of sp³-hybridized carbons (Fsp3) is 0.429. The molecule has 0 atom stereocenters. The Morgan fingerprint density at radius 2 is 1.71 bits per heavy atom. The van der Waals surface area contributed by atoms with Crippen molar-refractivity contribution in [3.8, 4) is 0 Å². The zero-order chi connectivity index (χ0) is 16.9. The smallest absolute Gasteiger partial charge is 0.0602 e. The summed E-state index contributed by atoms with van der Waals surface area (Å²) in [5, 5.41) is 12.9. The topological polar surface area (TPSA) is 35.5 Å². The van der Waals surface area contributed by atoms with E-state index in [1.807, 2.05) is 0 Å². The number of anilines is 2. The van der Waals surface area contributed by atoms with Crippen LogP contribution in [0, 0.1) is 19.8 Å². The number of piperidine rings is 1. The van der Waals surface area contributed by atoms with Crippen molar-refractivity contribution < 1.29 is 5.11 Å². The molecule has 0 unspecified atom stereocenters. The van der Waals surface area contributed by atoms with Crippen LogP contribution in [0.4, 0.5) is 11.4 Å². The quantitative estimate of drug-likeness (QED) is 0.868. The molecule has 0 radical (unpaired) electrons. The minimum Gasteiger partial charge on any atom is -0.396 e. The molecular formula is C21H28N2O. The van der Waals surface area contributed by atoms with Crippen LogP contribution in [0.25, 0.3) is 0 Å². The minimum atomic E-state index is 0.320. The molecule has 0 aromatic heterocycles. The molecule has 1 aliphatic heterocycles. The molecule has 24 heavy (non-hydrogen) atoms. The molecule has 3 rings (SSSR count). The van der Waals surface area contributed by atoms with Crippen LogP contribution in [0.3, 0.4) is 0 Å². The highest BCUT2D eigenvalue weighted by Gasteiger charge is 2.20. The van der Waals surface area contributed by atoms with Gasteiger partial charge >= 0.3 is 0 Å². The number of aryl methyl sites for hydroxylation is 2. The minimum absolute atomic E-state index is 0.320. The third-order valence-corrected chi connectivity index (χ3v) is 4.88. The summed E-state index contributed by atoms with van der Waals surface area (Å²) in [6.45, 7) is 7.50. The first-order valence-electron chi connectivity index (χ1n) is 8.91. The van der Waals surface area contributed by atoms with E-state index in [9.17, 15) is 5.11 Å². The summed E-state index contributed by atoms with van der Waals surface area (Å²) in [5.74, 6) is 0.469. The van der Waals surface area contributed by atoms with Gasteiger partial charge in [0.25, 0.3) is 0 Å². The van der Waals surface area contributed by atoms with Gasteiger partial charge in [-0.3, -0.25) is 0 Å². The number of para-hydroxylation sites is 2. The van der Waals surface area contributed by atoms with E-state index in [-0.39, 0.29) is 0 Å². The van der Waals surface area contributed by atoms with Crippen LogP contribution in [0.15, 0.2) is 42.5 Å². The van der Waals surface area contributed by atoms with Gasteiger partial charge in [0.1, 0.15) is 0 Å². The van der Waals surface area contributed by atoms with Gasteiger partial charge in [-0.05, 0) is 50.3 Å². The van der Waals surface area contributed by atoms with Crippen LogP contribution in [-0.4, -0.2) is 24.8 Å². The van der Waals surface area contributed by atoms with Crippen molar-refractivity contribution in [2.24, 2.45) is 5.92 Å². The summed E-state index contributed by atoms with van der Waals surface area (Å²) < 4.78 is 0. The number of hydrogen-bond acceptors (Lipinski definition) is 3. The standard InChI is InChI=1S/C21H28N2O/c1-16-11-17(2)13-19(12-16)14-22-20-5-3-4-6-21(20)23-9-7-18(15-24)8-10-23/h3-6,11-13,18,22,24H,7-10,14-15H2,1-2H3. The first kappa shape index (κ1) is 16.8. The Bertz CT molecular complexity index is 655. The zero-order valence-electron chi connectivity index (χ0n) is 14.8. The van der Waals surface area contributed by atoms with Crippen molar-refractivity contribution in [3.63, 3.8) is 0 Å². The van der Waals surface area contributed by atoms with Gasteiger partial charge in [-0.25, -0.2) is 0 Å². The Morgan fingerprint density at radius 3 is 2.38 bits per heavy atom. The van der Waals surface area contributed by atoms with Gasteiger partial charge < -0.3 is 15.3 Å². The Hall–Kier alpha value is -2.00. The molecule has 2 aromatic rings. The summed E-state index contributed by atoms with van der Waals surface area (Å²) in [5.41, 5.74) is 6.41. The fourth-order valence-corrected chi connectivity index (χ4v) is 3.62. The van der Waals surface area contributed by atoms with E-state index in [0.717, 1.165) is 32.5 Å². The largest absolute Gasteiger partial charge is 0.396 e. The second kappa shape index (κ2) is 7.71. The van der Waals surface area contributed by atoms with Gasteiger partial charge in [0, 0.05) is 26.2 Å². The Morgan fingerprint density at radius 1 is 1.04 bits per heavy atom. The maximum Gasteiger partial charge on any atom is 0.0602 e. The van der Waals surface area contributed by atoms with E-state index < -0.39 is 0 Å². The normalized spacial score (nSPS) is 15.5. The highest BCUT2D eigenvalue weighted by atomic mass is 16.3. The second-order valence-electron chi connectivity index (χ2n) is 6.98. The SMILES string of the molecule is Cc1cc(C)cc(CNc2ccccc2N2CCC(CO)CC2)c1. The first-order chi connectivity index (χ1) is 11.7. The van der Waals surface area contributed by atoms with Crippen molar-refractivity contribution >= 4 is 11.4 Å². The van der Waals surface area contributed by atoms with Crippen molar-refractivity contribution in [2.45, 2.75) is 33.2 Å². The molecule has 1 aliphatic rings. The van der Waals surface area contributed by atoms with Crippen LogP contribution in [0.2, 0.25) is 0 Å². The van der Waals surface area contributed by atoms with Crippen LogP contribution >= 0.6 is 0 Å². The summed E-state index contributed by atoms with van der Waals surface area (Å²) in [6, 6.07) is 15.3. The third-order valence-electron chi connectivity index (χ3n) is 4.88. The number of hydrogen-bond donors (Lipinski definition) is 2. The molecule has 0 amide bonds. The molecule has 0 aliphatic carbocycles. The molecule has 1 saturated heterocycles. The predicted molar refractivity (Wildman–Crippen MR) is 102 cm³/mol. The number of rotatable bonds is 5. The average Bonchev–Trinajstić information content (AvgIpc) is 2.59. The number of nitrogens with zero attached hydrogens (tertiary/aromatic N) is 1. The summed E-state index contributed by atoms with van der Waals surface area (Å²) in [7, 11) is 0. The maximum absolute atomic E-state index is 9.33. The average molecular weight is 324 g/mol. The van der Waals surface area contributed by atoms with Gasteiger partial charge in [-0.1, -0.05) is 41.5 Å². The predicted octanol–water partition coefficient (Wildman–Crippen LogP) is 4.12. The van der Waals surface area contributed by atoms with E-state index in [1.165, 1.54) is 28.1 Å². The van der Waals surface area contributed by atoms with Crippen LogP contribution in [0.1, 0.15) is 29.5 Å². The maximum atomic E-state index is 9.33. The van der Waals surface area contributed by atoms with Gasteiger partial charge in [-0.2, -0.15) is 0 Å².